The van der Waals surface area contributed by atoms with Crippen molar-refractivity contribution in [3.8, 4) is 11.5 Å². The van der Waals surface area contributed by atoms with Crippen molar-refractivity contribution >= 4 is 27.6 Å². The monoisotopic (exact) mass is 455 g/mol. The summed E-state index contributed by atoms with van der Waals surface area (Å²) in [6, 6.07) is 20.4. The van der Waals surface area contributed by atoms with Crippen LogP contribution in [0.3, 0.4) is 0 Å². The molecule has 0 aromatic heterocycles. The number of aromatic hydroxyl groups is 1. The molecule has 0 spiro atoms. The van der Waals surface area contributed by atoms with Gasteiger partial charge in [-0.1, -0.05) is 46.3 Å². The number of phenolic OH excluding ortho intramolecular Hbond substituents is 1. The fraction of sp³-hybridized carbons (Fsp3) is 0.174. The smallest absolute Gasteiger partial charge is 0.338 e. The molecule has 0 atom stereocenters. The molecule has 3 rings (SSSR count). The van der Waals surface area contributed by atoms with Gasteiger partial charge in [-0.15, -0.1) is 0 Å². The summed E-state index contributed by atoms with van der Waals surface area (Å²) in [5, 5.41) is 13.4. The largest absolute Gasteiger partial charge is 0.506 e. The number of rotatable bonds is 8. The van der Waals surface area contributed by atoms with Gasteiger partial charge in [0.15, 0.2) is 0 Å². The van der Waals surface area contributed by atoms with Gasteiger partial charge in [0.2, 0.25) is 0 Å². The van der Waals surface area contributed by atoms with Crippen molar-refractivity contribution in [3.05, 3.63) is 87.9 Å². The van der Waals surface area contributed by atoms with Crippen molar-refractivity contribution in [1.82, 2.24) is 0 Å². The van der Waals surface area contributed by atoms with E-state index in [2.05, 4.69) is 21.2 Å². The molecule has 0 heterocycles. The summed E-state index contributed by atoms with van der Waals surface area (Å²) < 4.78 is 11.9. The van der Waals surface area contributed by atoms with Crippen LogP contribution in [-0.2, 0) is 17.9 Å². The zero-order valence-electron chi connectivity index (χ0n) is 16.0. The first kappa shape index (κ1) is 20.7. The molecule has 0 saturated carbocycles. The molecule has 150 valence electrons. The Bertz CT molecular complexity index is 976. The first-order valence-corrected chi connectivity index (χ1v) is 10.0. The second kappa shape index (κ2) is 9.98. The molecule has 0 fully saturated rings. The van der Waals surface area contributed by atoms with Crippen LogP contribution in [0.4, 0.5) is 5.69 Å². The second-order valence-corrected chi connectivity index (χ2v) is 7.25. The van der Waals surface area contributed by atoms with E-state index in [0.717, 1.165) is 21.3 Å². The SMILES string of the molecule is CCOC(=O)c1ccc(NCc2cc(Br)ccc2OCc2ccccc2)c(O)c1. The van der Waals surface area contributed by atoms with E-state index in [1.165, 1.54) is 6.07 Å². The van der Waals surface area contributed by atoms with Gasteiger partial charge in [-0.25, -0.2) is 4.79 Å². The third-order valence-corrected chi connectivity index (χ3v) is 4.73. The molecular formula is C23H22BrNO4. The number of hydrogen-bond donors (Lipinski definition) is 2. The van der Waals surface area contributed by atoms with E-state index in [0.29, 0.717) is 24.4 Å². The summed E-state index contributed by atoms with van der Waals surface area (Å²) in [6.45, 7) is 2.93. The van der Waals surface area contributed by atoms with E-state index in [1.54, 1.807) is 19.1 Å². The van der Waals surface area contributed by atoms with E-state index in [1.807, 2.05) is 48.5 Å². The van der Waals surface area contributed by atoms with Gasteiger partial charge >= 0.3 is 5.97 Å². The predicted octanol–water partition coefficient (Wildman–Crippen LogP) is 5.52. The summed E-state index contributed by atoms with van der Waals surface area (Å²) in [7, 11) is 0. The van der Waals surface area contributed by atoms with Gasteiger partial charge in [-0.2, -0.15) is 0 Å². The lowest BCUT2D eigenvalue weighted by Gasteiger charge is -2.14. The molecule has 3 aromatic rings. The molecule has 0 aliphatic heterocycles. The van der Waals surface area contributed by atoms with Crippen molar-refractivity contribution in [3.63, 3.8) is 0 Å². The quantitative estimate of drug-likeness (QED) is 0.345. The maximum Gasteiger partial charge on any atom is 0.338 e. The molecule has 3 aromatic carbocycles. The molecule has 0 saturated heterocycles. The lowest BCUT2D eigenvalue weighted by molar-refractivity contribution is 0.0526. The molecule has 0 aliphatic carbocycles. The van der Waals surface area contributed by atoms with Gasteiger partial charge in [-0.3, -0.25) is 0 Å². The number of phenols is 1. The molecule has 6 heteroatoms. The van der Waals surface area contributed by atoms with Crippen LogP contribution >= 0.6 is 15.9 Å². The first-order valence-electron chi connectivity index (χ1n) is 9.26. The third-order valence-electron chi connectivity index (χ3n) is 4.24. The van der Waals surface area contributed by atoms with Gasteiger partial charge in [0.1, 0.15) is 18.1 Å². The number of hydrogen-bond acceptors (Lipinski definition) is 5. The highest BCUT2D eigenvalue weighted by atomic mass is 79.9. The van der Waals surface area contributed by atoms with Gasteiger partial charge in [0.25, 0.3) is 0 Å². The number of ether oxygens (including phenoxy) is 2. The van der Waals surface area contributed by atoms with E-state index in [4.69, 9.17) is 9.47 Å². The van der Waals surface area contributed by atoms with Crippen LogP contribution in [0.1, 0.15) is 28.4 Å². The minimum Gasteiger partial charge on any atom is -0.506 e. The summed E-state index contributed by atoms with van der Waals surface area (Å²) >= 11 is 3.49. The molecule has 0 radical (unpaired) electrons. The minimum absolute atomic E-state index is 0.0164. The fourth-order valence-electron chi connectivity index (χ4n) is 2.78. The number of esters is 1. The van der Waals surface area contributed by atoms with Crippen LogP contribution in [-0.4, -0.2) is 17.7 Å². The summed E-state index contributed by atoms with van der Waals surface area (Å²) in [5.41, 5.74) is 2.85. The maximum absolute atomic E-state index is 11.8. The molecule has 0 bridgehead atoms. The highest BCUT2D eigenvalue weighted by Gasteiger charge is 2.11. The average molecular weight is 456 g/mol. The normalized spacial score (nSPS) is 10.4. The molecule has 5 nitrogen and oxygen atoms in total. The van der Waals surface area contributed by atoms with E-state index < -0.39 is 5.97 Å². The maximum atomic E-state index is 11.8. The van der Waals surface area contributed by atoms with Crippen LogP contribution in [0, 0.1) is 0 Å². The molecule has 0 amide bonds. The summed E-state index contributed by atoms with van der Waals surface area (Å²) in [5.74, 6) is 0.280. The number of nitrogens with one attached hydrogen (secondary N) is 1. The van der Waals surface area contributed by atoms with Crippen molar-refractivity contribution < 1.29 is 19.4 Å². The number of benzene rings is 3. The van der Waals surface area contributed by atoms with Crippen molar-refractivity contribution in [2.75, 3.05) is 11.9 Å². The lowest BCUT2D eigenvalue weighted by Crippen LogP contribution is -2.06. The molecule has 29 heavy (non-hydrogen) atoms. The Hall–Kier alpha value is -2.99. The van der Waals surface area contributed by atoms with E-state index in [9.17, 15) is 9.90 Å². The highest BCUT2D eigenvalue weighted by Crippen LogP contribution is 2.28. The van der Waals surface area contributed by atoms with Crippen molar-refractivity contribution in [2.24, 2.45) is 0 Å². The van der Waals surface area contributed by atoms with Gasteiger partial charge in [0, 0.05) is 16.6 Å². The van der Waals surface area contributed by atoms with Crippen LogP contribution in [0.5, 0.6) is 11.5 Å². The number of carbonyl (C=O) groups is 1. The minimum atomic E-state index is -0.460. The zero-order chi connectivity index (χ0) is 20.6. The molecule has 0 unspecified atom stereocenters. The highest BCUT2D eigenvalue weighted by molar-refractivity contribution is 9.10. The van der Waals surface area contributed by atoms with Gasteiger partial charge in [-0.05, 0) is 48.9 Å². The van der Waals surface area contributed by atoms with E-state index >= 15 is 0 Å². The Kier molecular flexibility index (Phi) is 7.14. The molecule has 2 N–H and O–H groups in total. The van der Waals surface area contributed by atoms with Gasteiger partial charge in [0.05, 0.1) is 17.9 Å². The predicted molar refractivity (Wildman–Crippen MR) is 116 cm³/mol. The van der Waals surface area contributed by atoms with Crippen LogP contribution < -0.4 is 10.1 Å². The average Bonchev–Trinajstić information content (AvgIpc) is 2.73. The Morgan fingerprint density at radius 2 is 1.86 bits per heavy atom. The number of carbonyl (C=O) groups excluding carboxylic acids is 1. The summed E-state index contributed by atoms with van der Waals surface area (Å²) in [6.07, 6.45) is 0. The molecular weight excluding hydrogens is 434 g/mol. The summed E-state index contributed by atoms with van der Waals surface area (Å²) in [4.78, 5) is 11.8. The number of anilines is 1. The Morgan fingerprint density at radius 1 is 1.07 bits per heavy atom. The lowest BCUT2D eigenvalue weighted by atomic mass is 10.1. The van der Waals surface area contributed by atoms with Crippen molar-refractivity contribution in [1.29, 1.82) is 0 Å². The Morgan fingerprint density at radius 3 is 2.59 bits per heavy atom. The van der Waals surface area contributed by atoms with E-state index in [-0.39, 0.29) is 12.4 Å². The Balaban J connectivity index is 1.70. The van der Waals surface area contributed by atoms with Crippen molar-refractivity contribution in [2.45, 2.75) is 20.1 Å². The van der Waals surface area contributed by atoms with Crippen LogP contribution in [0.2, 0.25) is 0 Å². The fourth-order valence-corrected chi connectivity index (χ4v) is 3.18. The number of halogens is 1. The van der Waals surface area contributed by atoms with Gasteiger partial charge < -0.3 is 19.9 Å². The third kappa shape index (κ3) is 5.74. The zero-order valence-corrected chi connectivity index (χ0v) is 17.6. The topological polar surface area (TPSA) is 67.8 Å². The standard InChI is InChI=1S/C23H22BrNO4/c1-2-28-23(27)17-8-10-20(21(26)13-17)25-14-18-12-19(24)9-11-22(18)29-15-16-6-4-3-5-7-16/h3-13,25-26H,2,14-15H2,1H3. The molecule has 0 aliphatic rings. The first-order chi connectivity index (χ1) is 14.1. The second-order valence-electron chi connectivity index (χ2n) is 6.33. The van der Waals surface area contributed by atoms with Crippen LogP contribution in [0.15, 0.2) is 71.2 Å². The van der Waals surface area contributed by atoms with Crippen LogP contribution in [0.25, 0.3) is 0 Å². The Labute approximate surface area is 178 Å².